The molecule has 0 saturated heterocycles. The lowest BCUT2D eigenvalue weighted by Crippen LogP contribution is -2.19. The van der Waals surface area contributed by atoms with Crippen molar-refractivity contribution in [3.05, 3.63) is 28.2 Å². The first-order chi connectivity index (χ1) is 9.95. The number of nitrogens with one attached hydrogen (secondary N) is 2. The molecule has 8 heteroatoms. The first-order valence-corrected chi connectivity index (χ1v) is 9.15. The summed E-state index contributed by atoms with van der Waals surface area (Å²) < 4.78 is 29.3. The maximum Gasteiger partial charge on any atom is 0.263 e. The Morgan fingerprint density at radius 3 is 2.86 bits per heavy atom. The van der Waals surface area contributed by atoms with Gasteiger partial charge in [-0.2, -0.15) is 5.10 Å². The van der Waals surface area contributed by atoms with Crippen LogP contribution < -0.4 is 10.0 Å². The van der Waals surface area contributed by atoms with E-state index in [1.165, 1.54) is 24.2 Å². The Morgan fingerprint density at radius 2 is 2.24 bits per heavy atom. The van der Waals surface area contributed by atoms with E-state index in [4.69, 9.17) is 0 Å². The second-order valence-corrected chi connectivity index (χ2v) is 7.92. The molecule has 3 rings (SSSR count). The zero-order valence-electron chi connectivity index (χ0n) is 12.0. The van der Waals surface area contributed by atoms with Crippen molar-refractivity contribution in [2.75, 3.05) is 4.72 Å². The number of anilines is 1. The van der Waals surface area contributed by atoms with Crippen molar-refractivity contribution >= 4 is 27.0 Å². The van der Waals surface area contributed by atoms with Crippen LogP contribution in [-0.4, -0.2) is 24.2 Å². The summed E-state index contributed by atoms with van der Waals surface area (Å²) in [5.41, 5.74) is 1.18. The maximum absolute atomic E-state index is 12.5. The number of hydrogen-bond donors (Lipinski definition) is 2. The van der Waals surface area contributed by atoms with Gasteiger partial charge in [0.1, 0.15) is 4.90 Å². The Kier molecular flexibility index (Phi) is 3.76. The molecule has 2 aromatic heterocycles. The molecule has 0 aromatic carbocycles. The predicted molar refractivity (Wildman–Crippen MR) is 82.9 cm³/mol. The van der Waals surface area contributed by atoms with Crippen molar-refractivity contribution in [1.29, 1.82) is 0 Å². The molecule has 1 aliphatic rings. The van der Waals surface area contributed by atoms with Crippen LogP contribution in [0, 0.1) is 6.92 Å². The Balaban J connectivity index is 1.80. The topological polar surface area (TPSA) is 76.0 Å². The van der Waals surface area contributed by atoms with Gasteiger partial charge in [0.2, 0.25) is 0 Å². The third-order valence-corrected chi connectivity index (χ3v) is 5.88. The van der Waals surface area contributed by atoms with Crippen molar-refractivity contribution in [2.24, 2.45) is 7.05 Å². The van der Waals surface area contributed by atoms with Gasteiger partial charge >= 0.3 is 0 Å². The Morgan fingerprint density at radius 1 is 1.48 bits per heavy atom. The number of aryl methyl sites for hydroxylation is 2. The van der Waals surface area contributed by atoms with Gasteiger partial charge in [-0.3, -0.25) is 9.40 Å². The molecule has 2 heterocycles. The quantitative estimate of drug-likeness (QED) is 0.849. The monoisotopic (exact) mass is 326 g/mol. The lowest BCUT2D eigenvalue weighted by Gasteiger charge is -2.08. The van der Waals surface area contributed by atoms with Crippen LogP contribution in [0.15, 0.2) is 22.5 Å². The Labute approximate surface area is 128 Å². The van der Waals surface area contributed by atoms with Gasteiger partial charge in [0.25, 0.3) is 10.0 Å². The number of aromatic nitrogens is 2. The van der Waals surface area contributed by atoms with Gasteiger partial charge in [-0.1, -0.05) is 0 Å². The van der Waals surface area contributed by atoms with Gasteiger partial charge in [-0.25, -0.2) is 8.42 Å². The molecule has 0 amide bonds. The fraction of sp³-hybridized carbons (Fsp3) is 0.462. The van der Waals surface area contributed by atoms with E-state index in [-0.39, 0.29) is 0 Å². The van der Waals surface area contributed by atoms with Crippen LogP contribution in [0.5, 0.6) is 0 Å². The van der Waals surface area contributed by atoms with Crippen LogP contribution in [0.3, 0.4) is 0 Å². The molecule has 21 heavy (non-hydrogen) atoms. The van der Waals surface area contributed by atoms with Gasteiger partial charge in [0.05, 0.1) is 11.4 Å². The van der Waals surface area contributed by atoms with Crippen molar-refractivity contribution in [1.82, 2.24) is 15.1 Å². The van der Waals surface area contributed by atoms with Gasteiger partial charge in [0.15, 0.2) is 0 Å². The minimum atomic E-state index is -3.57. The van der Waals surface area contributed by atoms with Crippen molar-refractivity contribution in [2.45, 2.75) is 37.2 Å². The standard InChI is InChI=1S/C13H18N4O2S2/c1-9-11(8-17(2)15-9)16-21(18,19)13-5-6-20-12(13)7-14-10-3-4-10/h5-6,8,10,14,16H,3-4,7H2,1-2H3. The highest BCUT2D eigenvalue weighted by Crippen LogP contribution is 2.27. The molecule has 6 nitrogen and oxygen atoms in total. The summed E-state index contributed by atoms with van der Waals surface area (Å²) in [4.78, 5) is 1.19. The minimum Gasteiger partial charge on any atom is -0.309 e. The number of sulfonamides is 1. The Bertz CT molecular complexity index is 744. The van der Waals surface area contributed by atoms with Crippen molar-refractivity contribution < 1.29 is 8.42 Å². The molecule has 114 valence electrons. The number of nitrogens with zero attached hydrogens (tertiary/aromatic N) is 2. The summed E-state index contributed by atoms with van der Waals surface area (Å²) in [6, 6.07) is 2.21. The van der Waals surface area contributed by atoms with E-state index < -0.39 is 10.0 Å². The summed E-state index contributed by atoms with van der Waals surface area (Å²) in [6.07, 6.45) is 4.03. The predicted octanol–water partition coefficient (Wildman–Crippen LogP) is 1.84. The molecule has 0 bridgehead atoms. The zero-order valence-corrected chi connectivity index (χ0v) is 13.6. The average Bonchev–Trinajstić information content (AvgIpc) is 3.01. The zero-order chi connectivity index (χ0) is 15.0. The SMILES string of the molecule is Cc1nn(C)cc1NS(=O)(=O)c1ccsc1CNC1CC1. The van der Waals surface area contributed by atoms with E-state index in [2.05, 4.69) is 15.1 Å². The average molecular weight is 326 g/mol. The van der Waals surface area contributed by atoms with Gasteiger partial charge in [-0.15, -0.1) is 11.3 Å². The number of rotatable bonds is 6. The lowest BCUT2D eigenvalue weighted by atomic mass is 10.4. The molecule has 1 aliphatic carbocycles. The highest BCUT2D eigenvalue weighted by atomic mass is 32.2. The molecule has 1 fully saturated rings. The third kappa shape index (κ3) is 3.28. The van der Waals surface area contributed by atoms with Gasteiger partial charge in [0, 0.05) is 30.7 Å². The van der Waals surface area contributed by atoms with Crippen molar-refractivity contribution in [3.63, 3.8) is 0 Å². The largest absolute Gasteiger partial charge is 0.309 e. The normalized spacial score (nSPS) is 15.3. The number of thiophene rings is 1. The Hall–Kier alpha value is -1.38. The summed E-state index contributed by atoms with van der Waals surface area (Å²) in [5, 5.41) is 9.31. The second-order valence-electron chi connectivity index (χ2n) is 5.27. The first-order valence-electron chi connectivity index (χ1n) is 6.78. The van der Waals surface area contributed by atoms with E-state index in [0.29, 0.717) is 28.9 Å². The molecule has 0 unspecified atom stereocenters. The molecule has 1 saturated carbocycles. The molecule has 2 aromatic rings. The molecular formula is C13H18N4O2S2. The second kappa shape index (κ2) is 5.43. The van der Waals surface area contributed by atoms with Crippen LogP contribution in [0.4, 0.5) is 5.69 Å². The van der Waals surface area contributed by atoms with E-state index in [1.54, 1.807) is 30.9 Å². The van der Waals surface area contributed by atoms with Crippen LogP contribution in [0.25, 0.3) is 0 Å². The van der Waals surface area contributed by atoms with Crippen LogP contribution in [-0.2, 0) is 23.6 Å². The molecule has 0 spiro atoms. The van der Waals surface area contributed by atoms with Crippen LogP contribution in [0.1, 0.15) is 23.4 Å². The van der Waals surface area contributed by atoms with Gasteiger partial charge < -0.3 is 5.32 Å². The lowest BCUT2D eigenvalue weighted by molar-refractivity contribution is 0.599. The highest BCUT2D eigenvalue weighted by molar-refractivity contribution is 7.93. The smallest absolute Gasteiger partial charge is 0.263 e. The van der Waals surface area contributed by atoms with Gasteiger partial charge in [-0.05, 0) is 31.2 Å². The molecule has 2 N–H and O–H groups in total. The minimum absolute atomic E-state index is 0.351. The van der Waals surface area contributed by atoms with E-state index in [9.17, 15) is 8.42 Å². The molecule has 0 radical (unpaired) electrons. The molecular weight excluding hydrogens is 308 g/mol. The van der Waals surface area contributed by atoms with E-state index in [0.717, 1.165) is 4.88 Å². The number of hydrogen-bond acceptors (Lipinski definition) is 5. The first kappa shape index (κ1) is 14.6. The summed E-state index contributed by atoms with van der Waals surface area (Å²) in [6.45, 7) is 2.38. The van der Waals surface area contributed by atoms with Crippen LogP contribution in [0.2, 0.25) is 0 Å². The highest BCUT2D eigenvalue weighted by Gasteiger charge is 2.24. The summed E-state index contributed by atoms with van der Waals surface area (Å²) >= 11 is 1.46. The maximum atomic E-state index is 12.5. The molecule has 0 aliphatic heterocycles. The fourth-order valence-electron chi connectivity index (χ4n) is 2.12. The summed E-state index contributed by atoms with van der Waals surface area (Å²) in [5.74, 6) is 0. The fourth-order valence-corrected chi connectivity index (χ4v) is 4.62. The molecule has 0 atom stereocenters. The van der Waals surface area contributed by atoms with E-state index in [1.807, 2.05) is 5.38 Å². The third-order valence-electron chi connectivity index (χ3n) is 3.38. The van der Waals surface area contributed by atoms with Crippen LogP contribution >= 0.6 is 11.3 Å². The van der Waals surface area contributed by atoms with Crippen molar-refractivity contribution in [3.8, 4) is 0 Å². The summed E-state index contributed by atoms with van der Waals surface area (Å²) in [7, 11) is -1.81. The van der Waals surface area contributed by atoms with E-state index >= 15 is 0 Å².